The quantitative estimate of drug-likeness (QED) is 0.708. The Labute approximate surface area is 149 Å². The molecule has 0 aromatic carbocycles. The molecule has 1 aliphatic rings. The summed E-state index contributed by atoms with van der Waals surface area (Å²) in [5.41, 5.74) is 1.30. The minimum atomic E-state index is -3.51. The highest BCUT2D eigenvalue weighted by molar-refractivity contribution is 7.87. The zero-order chi connectivity index (χ0) is 17.9. The van der Waals surface area contributed by atoms with E-state index in [1.807, 2.05) is 14.1 Å². The van der Waals surface area contributed by atoms with E-state index in [1.165, 1.54) is 24.5 Å². The molecule has 7 nitrogen and oxygen atoms in total. The second-order valence-electron chi connectivity index (χ2n) is 6.76. The fraction of sp³-hybridized carbons (Fsp3) is 0.733. The maximum Gasteiger partial charge on any atom is 0.279 e. The van der Waals surface area contributed by atoms with Crippen LogP contribution in [0.3, 0.4) is 0 Å². The van der Waals surface area contributed by atoms with Crippen molar-refractivity contribution in [1.29, 1.82) is 0 Å². The molecular weight excluding hydrogens is 348 g/mol. The third kappa shape index (κ3) is 5.48. The van der Waals surface area contributed by atoms with E-state index in [4.69, 9.17) is 0 Å². The van der Waals surface area contributed by atoms with Crippen molar-refractivity contribution in [1.82, 2.24) is 18.8 Å². The summed E-state index contributed by atoms with van der Waals surface area (Å²) in [5, 5.41) is 12.5. The van der Waals surface area contributed by atoms with Crippen molar-refractivity contribution in [2.45, 2.75) is 31.7 Å². The van der Waals surface area contributed by atoms with Gasteiger partial charge in [-0.3, -0.25) is 4.90 Å². The van der Waals surface area contributed by atoms with Gasteiger partial charge in [0.15, 0.2) is 0 Å². The van der Waals surface area contributed by atoms with Crippen LogP contribution >= 0.6 is 11.3 Å². The van der Waals surface area contributed by atoms with Gasteiger partial charge in [-0.05, 0) is 37.5 Å². The largest absolute Gasteiger partial charge is 0.390 e. The molecule has 24 heavy (non-hydrogen) atoms. The van der Waals surface area contributed by atoms with Gasteiger partial charge in [-0.25, -0.2) is 0 Å². The van der Waals surface area contributed by atoms with Crippen molar-refractivity contribution in [2.75, 3.05) is 41.3 Å². The summed E-state index contributed by atoms with van der Waals surface area (Å²) in [6.07, 6.45) is -0.0980. The van der Waals surface area contributed by atoms with E-state index in [0.29, 0.717) is 13.0 Å². The van der Waals surface area contributed by atoms with Crippen molar-refractivity contribution in [3.05, 3.63) is 21.9 Å². The van der Waals surface area contributed by atoms with Crippen LogP contribution in [0.2, 0.25) is 0 Å². The van der Waals surface area contributed by atoms with E-state index in [2.05, 4.69) is 26.0 Å². The first kappa shape index (κ1) is 19.8. The molecule has 0 radical (unpaired) electrons. The number of nitrogens with one attached hydrogen (secondary N) is 1. The third-order valence-corrected chi connectivity index (χ3v) is 6.57. The maximum absolute atomic E-state index is 11.9. The Morgan fingerprint density at radius 2 is 2.08 bits per heavy atom. The molecule has 1 aliphatic heterocycles. The van der Waals surface area contributed by atoms with Crippen LogP contribution in [0.15, 0.2) is 11.4 Å². The smallest absolute Gasteiger partial charge is 0.279 e. The number of β-amino-alcohol motifs (C(OH)–C–C–N with tert-alkyl or cyclic N) is 1. The predicted octanol–water partition coefficient (Wildman–Crippen LogP) is 0.141. The summed E-state index contributed by atoms with van der Waals surface area (Å²) >= 11 is 1.73. The number of aliphatic hydroxyl groups excluding tert-OH is 1. The number of piperidine rings is 1. The van der Waals surface area contributed by atoms with E-state index in [-0.39, 0.29) is 0 Å². The SMILES string of the molecule is CN(C)Cc1csc(CN2CC[C@@H](NS(=O)(=O)N(C)C)[C@H](O)C2)c1. The molecule has 138 valence electrons. The summed E-state index contributed by atoms with van der Waals surface area (Å²) in [6.45, 7) is 2.95. The van der Waals surface area contributed by atoms with Gasteiger partial charge in [0.25, 0.3) is 10.2 Å². The number of rotatable bonds is 7. The van der Waals surface area contributed by atoms with Crippen LogP contribution in [0.25, 0.3) is 0 Å². The van der Waals surface area contributed by atoms with E-state index >= 15 is 0 Å². The summed E-state index contributed by atoms with van der Waals surface area (Å²) in [7, 11) is 3.54. The summed E-state index contributed by atoms with van der Waals surface area (Å²) in [5.74, 6) is 0. The molecule has 0 aliphatic carbocycles. The molecule has 0 amide bonds. The van der Waals surface area contributed by atoms with Crippen molar-refractivity contribution in [3.63, 3.8) is 0 Å². The van der Waals surface area contributed by atoms with E-state index in [0.717, 1.165) is 23.9 Å². The van der Waals surface area contributed by atoms with Crippen LogP contribution in [0.5, 0.6) is 0 Å². The number of hydrogen-bond donors (Lipinski definition) is 2. The Morgan fingerprint density at radius 1 is 1.38 bits per heavy atom. The maximum atomic E-state index is 11.9. The lowest BCUT2D eigenvalue weighted by Gasteiger charge is -2.36. The Hall–Kier alpha value is -0.550. The third-order valence-electron chi connectivity index (χ3n) is 4.03. The average Bonchev–Trinajstić information content (AvgIpc) is 2.88. The molecule has 1 aromatic rings. The first-order chi connectivity index (χ1) is 11.2. The zero-order valence-electron chi connectivity index (χ0n) is 14.8. The number of thiophene rings is 1. The second-order valence-corrected chi connectivity index (χ2v) is 9.67. The summed E-state index contributed by atoms with van der Waals surface area (Å²) < 4.78 is 27.5. The molecule has 1 aromatic heterocycles. The minimum absolute atomic E-state index is 0.429. The van der Waals surface area contributed by atoms with Gasteiger partial charge in [-0.2, -0.15) is 17.4 Å². The van der Waals surface area contributed by atoms with Crippen LogP contribution in [0.1, 0.15) is 16.9 Å². The van der Waals surface area contributed by atoms with Gasteiger partial charge in [-0.1, -0.05) is 0 Å². The molecule has 2 rings (SSSR count). The van der Waals surface area contributed by atoms with Gasteiger partial charge in [0.2, 0.25) is 0 Å². The lowest BCUT2D eigenvalue weighted by atomic mass is 10.0. The van der Waals surface area contributed by atoms with Crippen LogP contribution in [0.4, 0.5) is 0 Å². The molecular formula is C15H28N4O3S2. The Kier molecular flexibility index (Phi) is 6.77. The molecule has 0 unspecified atom stereocenters. The van der Waals surface area contributed by atoms with Gasteiger partial charge in [-0.15, -0.1) is 11.3 Å². The highest BCUT2D eigenvalue weighted by Gasteiger charge is 2.31. The standard InChI is InChI=1S/C15H28N4O3S2/c1-17(2)8-12-7-13(23-11-12)9-19-6-5-14(15(20)10-19)16-24(21,22)18(3)4/h7,11,14-16,20H,5-6,8-10H2,1-4H3/t14-,15-/m1/s1. The number of aliphatic hydroxyl groups is 1. The van der Waals surface area contributed by atoms with Crippen LogP contribution in [0, 0.1) is 0 Å². The van der Waals surface area contributed by atoms with E-state index < -0.39 is 22.4 Å². The van der Waals surface area contributed by atoms with Crippen molar-refractivity contribution < 1.29 is 13.5 Å². The van der Waals surface area contributed by atoms with Gasteiger partial charge in [0, 0.05) is 45.2 Å². The fourth-order valence-electron chi connectivity index (χ4n) is 2.75. The summed E-state index contributed by atoms with van der Waals surface area (Å²) in [6, 6.07) is 1.78. The molecule has 0 spiro atoms. The lowest BCUT2D eigenvalue weighted by Crippen LogP contribution is -2.55. The highest BCUT2D eigenvalue weighted by atomic mass is 32.2. The average molecular weight is 377 g/mol. The monoisotopic (exact) mass is 376 g/mol. The summed E-state index contributed by atoms with van der Waals surface area (Å²) in [4.78, 5) is 5.58. The van der Waals surface area contributed by atoms with E-state index in [1.54, 1.807) is 11.3 Å². The van der Waals surface area contributed by atoms with Gasteiger partial charge in [0.1, 0.15) is 0 Å². The Balaban J connectivity index is 1.88. The predicted molar refractivity (Wildman–Crippen MR) is 97.1 cm³/mol. The molecule has 1 fully saturated rings. The second kappa shape index (κ2) is 8.22. The van der Waals surface area contributed by atoms with E-state index in [9.17, 15) is 13.5 Å². The van der Waals surface area contributed by atoms with Gasteiger partial charge >= 0.3 is 0 Å². The van der Waals surface area contributed by atoms with Crippen LogP contribution in [-0.2, 0) is 23.3 Å². The molecule has 2 N–H and O–H groups in total. The van der Waals surface area contributed by atoms with Crippen LogP contribution < -0.4 is 4.72 Å². The molecule has 1 saturated heterocycles. The number of hydrogen-bond acceptors (Lipinski definition) is 6. The number of nitrogens with zero attached hydrogens (tertiary/aromatic N) is 3. The van der Waals surface area contributed by atoms with Gasteiger partial charge in [0.05, 0.1) is 12.1 Å². The van der Waals surface area contributed by atoms with Crippen molar-refractivity contribution in [2.24, 2.45) is 0 Å². The molecule has 2 heterocycles. The number of likely N-dealkylation sites (tertiary alicyclic amines) is 1. The molecule has 2 atom stereocenters. The molecule has 0 bridgehead atoms. The fourth-order valence-corrected chi connectivity index (χ4v) is 4.54. The molecule has 0 saturated carbocycles. The first-order valence-electron chi connectivity index (χ1n) is 7.98. The normalized spacial score (nSPS) is 23.3. The van der Waals surface area contributed by atoms with Gasteiger partial charge < -0.3 is 10.0 Å². The Morgan fingerprint density at radius 3 is 2.67 bits per heavy atom. The minimum Gasteiger partial charge on any atom is -0.390 e. The first-order valence-corrected chi connectivity index (χ1v) is 10.3. The highest BCUT2D eigenvalue weighted by Crippen LogP contribution is 2.21. The lowest BCUT2D eigenvalue weighted by molar-refractivity contribution is 0.0446. The van der Waals surface area contributed by atoms with Crippen molar-refractivity contribution in [3.8, 4) is 0 Å². The Bertz CT molecular complexity index is 630. The zero-order valence-corrected chi connectivity index (χ0v) is 16.4. The molecule has 9 heteroatoms. The topological polar surface area (TPSA) is 76.1 Å². The van der Waals surface area contributed by atoms with Crippen molar-refractivity contribution >= 4 is 21.5 Å². The van der Waals surface area contributed by atoms with Crippen LogP contribution in [-0.4, -0.2) is 81.1 Å².